The van der Waals surface area contributed by atoms with Gasteiger partial charge in [0.05, 0.1) is 5.56 Å². The average Bonchev–Trinajstić information content (AvgIpc) is 2.63. The number of nitrogen functional groups attached to an aromatic ring is 1. The van der Waals surface area contributed by atoms with Gasteiger partial charge in [0.2, 0.25) is 0 Å². The van der Waals surface area contributed by atoms with Crippen molar-refractivity contribution in [3.8, 4) is 0 Å². The van der Waals surface area contributed by atoms with Crippen LogP contribution in [0.4, 0.5) is 19.0 Å². The molecule has 1 saturated heterocycles. The van der Waals surface area contributed by atoms with E-state index in [9.17, 15) is 18.0 Å². The van der Waals surface area contributed by atoms with Crippen LogP contribution in [0.1, 0.15) is 34.3 Å². The highest BCUT2D eigenvalue weighted by atomic mass is 19.4. The zero-order valence-electron chi connectivity index (χ0n) is 14.2. The average molecular weight is 363 g/mol. The fourth-order valence-electron chi connectivity index (χ4n) is 3.30. The second-order valence-electron chi connectivity index (χ2n) is 6.56. The minimum absolute atomic E-state index is 0.109. The summed E-state index contributed by atoms with van der Waals surface area (Å²) in [7, 11) is 0. The van der Waals surface area contributed by atoms with Crippen molar-refractivity contribution in [1.29, 1.82) is 0 Å². The summed E-state index contributed by atoms with van der Waals surface area (Å²) in [6, 6.07) is 8.19. The molecule has 1 aliphatic heterocycles. The molecule has 1 atom stereocenters. The number of alkyl halides is 3. The molecular formula is C19H20F3N3O. The Morgan fingerprint density at radius 2 is 1.96 bits per heavy atom. The zero-order valence-corrected chi connectivity index (χ0v) is 14.2. The molecule has 1 aromatic heterocycles. The van der Waals surface area contributed by atoms with Gasteiger partial charge in [0.25, 0.3) is 0 Å². The Labute approximate surface area is 149 Å². The third-order valence-corrected chi connectivity index (χ3v) is 4.69. The summed E-state index contributed by atoms with van der Waals surface area (Å²) >= 11 is 0. The second kappa shape index (κ2) is 7.45. The molecular weight excluding hydrogens is 343 g/mol. The molecule has 2 aromatic rings. The van der Waals surface area contributed by atoms with Gasteiger partial charge in [-0.2, -0.15) is 13.2 Å². The van der Waals surface area contributed by atoms with E-state index in [2.05, 4.69) is 9.88 Å². The highest BCUT2D eigenvalue weighted by molar-refractivity contribution is 5.98. The van der Waals surface area contributed by atoms with Crippen molar-refractivity contribution < 1.29 is 18.0 Å². The fraction of sp³-hybridized carbons (Fsp3) is 0.368. The number of likely N-dealkylation sites (tertiary alicyclic amines) is 1. The molecule has 2 N–H and O–H groups in total. The fourth-order valence-corrected chi connectivity index (χ4v) is 3.30. The maximum atomic E-state index is 12.7. The van der Waals surface area contributed by atoms with Gasteiger partial charge in [-0.15, -0.1) is 0 Å². The van der Waals surface area contributed by atoms with Gasteiger partial charge in [0.1, 0.15) is 5.82 Å². The number of aromatic nitrogens is 1. The number of nitrogens with zero attached hydrogens (tertiary/aromatic N) is 2. The Balaban J connectivity index is 1.67. The predicted molar refractivity (Wildman–Crippen MR) is 92.4 cm³/mol. The molecule has 2 heterocycles. The summed E-state index contributed by atoms with van der Waals surface area (Å²) in [5.41, 5.74) is 6.37. The third kappa shape index (κ3) is 4.22. The largest absolute Gasteiger partial charge is 0.416 e. The Kier molecular flexibility index (Phi) is 5.27. The summed E-state index contributed by atoms with van der Waals surface area (Å²) < 4.78 is 38.0. The van der Waals surface area contributed by atoms with E-state index in [1.807, 2.05) is 12.1 Å². The number of carbonyl (C=O) groups is 1. The first-order valence-electron chi connectivity index (χ1n) is 8.48. The van der Waals surface area contributed by atoms with Crippen LogP contribution in [0.5, 0.6) is 0 Å². The molecule has 0 saturated carbocycles. The monoisotopic (exact) mass is 363 g/mol. The Hall–Kier alpha value is -2.41. The molecule has 0 unspecified atom stereocenters. The summed E-state index contributed by atoms with van der Waals surface area (Å²) in [4.78, 5) is 18.9. The lowest BCUT2D eigenvalue weighted by Gasteiger charge is -2.32. The zero-order chi connectivity index (χ0) is 18.7. The number of anilines is 1. The summed E-state index contributed by atoms with van der Waals surface area (Å²) in [5, 5.41) is 0. The van der Waals surface area contributed by atoms with E-state index in [1.165, 1.54) is 12.1 Å². The van der Waals surface area contributed by atoms with E-state index in [1.54, 1.807) is 6.20 Å². The molecule has 0 spiro atoms. The minimum Gasteiger partial charge on any atom is -0.383 e. The summed E-state index contributed by atoms with van der Waals surface area (Å²) in [6.07, 6.45) is -1.17. The van der Waals surface area contributed by atoms with Gasteiger partial charge in [0, 0.05) is 36.3 Å². The van der Waals surface area contributed by atoms with Crippen LogP contribution in [-0.2, 0) is 12.7 Å². The number of hydrogen-bond acceptors (Lipinski definition) is 4. The third-order valence-electron chi connectivity index (χ3n) is 4.69. The number of carbonyl (C=O) groups excluding carboxylic acids is 1. The van der Waals surface area contributed by atoms with E-state index < -0.39 is 11.7 Å². The number of benzene rings is 1. The summed E-state index contributed by atoms with van der Waals surface area (Å²) in [5.74, 6) is 0.143. The summed E-state index contributed by atoms with van der Waals surface area (Å²) in [6.45, 7) is 2.02. The molecule has 1 aliphatic rings. The molecule has 1 aromatic carbocycles. The molecule has 3 rings (SSSR count). The number of rotatable bonds is 4. The number of hydrogen-bond donors (Lipinski definition) is 1. The van der Waals surface area contributed by atoms with Crippen molar-refractivity contribution in [3.63, 3.8) is 0 Å². The van der Waals surface area contributed by atoms with Crippen LogP contribution in [0.2, 0.25) is 0 Å². The van der Waals surface area contributed by atoms with Gasteiger partial charge in [-0.3, -0.25) is 9.69 Å². The maximum Gasteiger partial charge on any atom is 0.416 e. The van der Waals surface area contributed by atoms with Crippen LogP contribution in [0.3, 0.4) is 0 Å². The number of nitrogens with two attached hydrogens (primary N) is 1. The first-order chi connectivity index (χ1) is 12.3. The molecule has 1 fully saturated rings. The maximum absolute atomic E-state index is 12.7. The van der Waals surface area contributed by atoms with Crippen molar-refractivity contribution in [3.05, 3.63) is 59.3 Å². The Bertz CT molecular complexity index is 774. The van der Waals surface area contributed by atoms with Crippen molar-refractivity contribution >= 4 is 11.6 Å². The smallest absolute Gasteiger partial charge is 0.383 e. The number of Topliss-reactive ketones (excluding diaryl/α,β-unsaturated/α-hetero) is 1. The first kappa shape index (κ1) is 18.4. The van der Waals surface area contributed by atoms with E-state index in [0.717, 1.165) is 37.1 Å². The lowest BCUT2D eigenvalue weighted by atomic mass is 9.89. The number of ketones is 1. The van der Waals surface area contributed by atoms with E-state index in [4.69, 9.17) is 5.73 Å². The van der Waals surface area contributed by atoms with Crippen LogP contribution < -0.4 is 5.73 Å². The molecule has 0 bridgehead atoms. The number of halogens is 3. The van der Waals surface area contributed by atoms with E-state index in [0.29, 0.717) is 24.5 Å². The SMILES string of the molecule is Nc1ncccc1CN1CCC[C@H](C(=O)c2ccc(C(F)(F)F)cc2)C1. The molecule has 138 valence electrons. The molecule has 7 heteroatoms. The molecule has 4 nitrogen and oxygen atoms in total. The standard InChI is InChI=1S/C19H20F3N3O/c20-19(21,22)16-7-5-13(6-8-16)17(26)14-4-2-10-25(11-14)12-15-3-1-9-24-18(15)23/h1,3,5-9,14H,2,4,10-12H2,(H2,23,24)/t14-/m0/s1. The predicted octanol–water partition coefficient (Wildman–Crippen LogP) is 3.78. The van der Waals surface area contributed by atoms with Crippen molar-refractivity contribution in [2.45, 2.75) is 25.6 Å². The van der Waals surface area contributed by atoms with Crippen molar-refractivity contribution in [2.75, 3.05) is 18.8 Å². The Morgan fingerprint density at radius 1 is 1.23 bits per heavy atom. The van der Waals surface area contributed by atoms with Gasteiger partial charge in [-0.1, -0.05) is 18.2 Å². The van der Waals surface area contributed by atoms with E-state index in [-0.39, 0.29) is 11.7 Å². The second-order valence-corrected chi connectivity index (χ2v) is 6.56. The van der Waals surface area contributed by atoms with Gasteiger partial charge >= 0.3 is 6.18 Å². The molecule has 0 amide bonds. The topological polar surface area (TPSA) is 59.2 Å². The van der Waals surface area contributed by atoms with Crippen LogP contribution in [0.15, 0.2) is 42.6 Å². The van der Waals surface area contributed by atoms with E-state index >= 15 is 0 Å². The lowest BCUT2D eigenvalue weighted by Crippen LogP contribution is -2.38. The molecule has 0 aliphatic carbocycles. The van der Waals surface area contributed by atoms with Crippen molar-refractivity contribution in [2.24, 2.45) is 5.92 Å². The minimum atomic E-state index is -4.40. The highest BCUT2D eigenvalue weighted by Crippen LogP contribution is 2.30. The van der Waals surface area contributed by atoms with Crippen LogP contribution in [-0.4, -0.2) is 28.8 Å². The normalized spacial score (nSPS) is 18.7. The number of pyridine rings is 1. The van der Waals surface area contributed by atoms with Gasteiger partial charge < -0.3 is 5.73 Å². The van der Waals surface area contributed by atoms with Gasteiger partial charge in [-0.25, -0.2) is 4.98 Å². The highest BCUT2D eigenvalue weighted by Gasteiger charge is 2.31. The number of piperidine rings is 1. The van der Waals surface area contributed by atoms with Crippen LogP contribution >= 0.6 is 0 Å². The van der Waals surface area contributed by atoms with Gasteiger partial charge in [0.15, 0.2) is 5.78 Å². The van der Waals surface area contributed by atoms with Crippen LogP contribution in [0.25, 0.3) is 0 Å². The molecule has 0 radical (unpaired) electrons. The van der Waals surface area contributed by atoms with Gasteiger partial charge in [-0.05, 0) is 37.6 Å². The quantitative estimate of drug-likeness (QED) is 0.840. The molecule has 26 heavy (non-hydrogen) atoms. The van der Waals surface area contributed by atoms with Crippen LogP contribution in [0, 0.1) is 5.92 Å². The van der Waals surface area contributed by atoms with Crippen molar-refractivity contribution in [1.82, 2.24) is 9.88 Å². The Morgan fingerprint density at radius 3 is 2.62 bits per heavy atom. The lowest BCUT2D eigenvalue weighted by molar-refractivity contribution is -0.137. The first-order valence-corrected chi connectivity index (χ1v) is 8.48.